The van der Waals surface area contributed by atoms with Gasteiger partial charge in [0.05, 0.1) is 12.6 Å². The number of hydrogen-bond donors (Lipinski definition) is 2. The molecule has 0 radical (unpaired) electrons. The average molecular weight is 180 g/mol. The molecule has 3 nitrogen and oxygen atoms in total. The number of nitrogens with one attached hydrogen (secondary N) is 2. The smallest absolute Gasteiger partial charge is 0.237 e. The van der Waals surface area contributed by atoms with E-state index in [4.69, 9.17) is 6.42 Å². The Labute approximate surface area is 79.3 Å². The van der Waals surface area contributed by atoms with Gasteiger partial charge < -0.3 is 10.6 Å². The number of amides is 1. The van der Waals surface area contributed by atoms with Gasteiger partial charge in [-0.1, -0.05) is 12.8 Å². The largest absolute Gasteiger partial charge is 0.344 e. The number of carbonyl (C=O) groups excluding carboxylic acids is 1. The maximum atomic E-state index is 11.4. The fourth-order valence-corrected chi connectivity index (χ4v) is 1.57. The summed E-state index contributed by atoms with van der Waals surface area (Å²) in [5.41, 5.74) is 0. The van der Waals surface area contributed by atoms with Gasteiger partial charge in [0.15, 0.2) is 0 Å². The van der Waals surface area contributed by atoms with Gasteiger partial charge in [-0.3, -0.25) is 4.79 Å². The Balaban J connectivity index is 2.33. The highest BCUT2D eigenvalue weighted by Crippen LogP contribution is 2.14. The summed E-state index contributed by atoms with van der Waals surface area (Å²) in [6.45, 7) is 3.42. The first kappa shape index (κ1) is 10.1. The van der Waals surface area contributed by atoms with E-state index >= 15 is 0 Å². The minimum Gasteiger partial charge on any atom is -0.344 e. The van der Waals surface area contributed by atoms with Crippen molar-refractivity contribution >= 4 is 5.91 Å². The van der Waals surface area contributed by atoms with Gasteiger partial charge in [-0.05, 0) is 25.3 Å². The molecule has 0 aromatic carbocycles. The van der Waals surface area contributed by atoms with E-state index in [-0.39, 0.29) is 11.9 Å². The molecule has 0 bridgehead atoms. The second kappa shape index (κ2) is 4.88. The quantitative estimate of drug-likeness (QED) is 0.593. The van der Waals surface area contributed by atoms with Crippen LogP contribution < -0.4 is 10.6 Å². The van der Waals surface area contributed by atoms with E-state index in [2.05, 4.69) is 23.5 Å². The molecule has 72 valence electrons. The van der Waals surface area contributed by atoms with Crippen LogP contribution >= 0.6 is 0 Å². The molecule has 1 saturated heterocycles. The minimum atomic E-state index is -0.0444. The molecule has 1 heterocycles. The van der Waals surface area contributed by atoms with Gasteiger partial charge in [0, 0.05) is 0 Å². The van der Waals surface area contributed by atoms with Crippen molar-refractivity contribution in [2.75, 3.05) is 13.1 Å². The zero-order chi connectivity index (χ0) is 9.68. The lowest BCUT2D eigenvalue weighted by Crippen LogP contribution is -2.48. The van der Waals surface area contributed by atoms with Crippen LogP contribution in [0.25, 0.3) is 0 Å². The van der Waals surface area contributed by atoms with E-state index in [0.29, 0.717) is 12.5 Å². The van der Waals surface area contributed by atoms with Crippen molar-refractivity contribution < 1.29 is 4.79 Å². The molecule has 2 N–H and O–H groups in total. The zero-order valence-corrected chi connectivity index (χ0v) is 7.97. The third-order valence-corrected chi connectivity index (χ3v) is 2.35. The molecule has 1 fully saturated rings. The van der Waals surface area contributed by atoms with Gasteiger partial charge in [0.1, 0.15) is 0 Å². The summed E-state index contributed by atoms with van der Waals surface area (Å²) in [5, 5.41) is 5.86. The van der Waals surface area contributed by atoms with Crippen molar-refractivity contribution in [1.82, 2.24) is 10.6 Å². The molecule has 0 aliphatic carbocycles. The van der Waals surface area contributed by atoms with Gasteiger partial charge in [-0.15, -0.1) is 6.42 Å². The molecule has 0 spiro atoms. The highest BCUT2D eigenvalue weighted by atomic mass is 16.2. The average Bonchev–Trinajstić information content (AvgIpc) is 2.14. The van der Waals surface area contributed by atoms with E-state index in [1.54, 1.807) is 0 Å². The minimum absolute atomic E-state index is 0.0319. The molecule has 2 atom stereocenters. The lowest BCUT2D eigenvalue weighted by Gasteiger charge is -2.26. The molecule has 0 aromatic heterocycles. The Morgan fingerprint density at radius 3 is 3.15 bits per heavy atom. The van der Waals surface area contributed by atoms with E-state index < -0.39 is 0 Å². The predicted molar refractivity (Wildman–Crippen MR) is 52.0 cm³/mol. The maximum absolute atomic E-state index is 11.4. The Bertz CT molecular complexity index is 219. The van der Waals surface area contributed by atoms with Crippen LogP contribution in [0.1, 0.15) is 19.8 Å². The topological polar surface area (TPSA) is 41.1 Å². The second-order valence-corrected chi connectivity index (χ2v) is 3.56. The lowest BCUT2D eigenvalue weighted by molar-refractivity contribution is -0.123. The first-order chi connectivity index (χ1) is 6.24. The molecule has 3 heteroatoms. The van der Waals surface area contributed by atoms with Crippen molar-refractivity contribution in [1.29, 1.82) is 0 Å². The lowest BCUT2D eigenvalue weighted by atomic mass is 9.94. The van der Waals surface area contributed by atoms with Crippen molar-refractivity contribution in [3.63, 3.8) is 0 Å². The Kier molecular flexibility index (Phi) is 3.78. The van der Waals surface area contributed by atoms with Crippen LogP contribution in [0.2, 0.25) is 0 Å². The summed E-state index contributed by atoms with van der Waals surface area (Å²) in [5.74, 6) is 3.05. The number of rotatable bonds is 2. The number of hydrogen-bond acceptors (Lipinski definition) is 2. The van der Waals surface area contributed by atoms with E-state index in [1.165, 1.54) is 0 Å². The monoisotopic (exact) mass is 180 g/mol. The number of piperidine rings is 1. The Morgan fingerprint density at radius 1 is 1.77 bits per heavy atom. The van der Waals surface area contributed by atoms with Crippen molar-refractivity contribution in [3.05, 3.63) is 0 Å². The number of carbonyl (C=O) groups is 1. The maximum Gasteiger partial charge on any atom is 0.237 e. The van der Waals surface area contributed by atoms with Gasteiger partial charge in [-0.2, -0.15) is 0 Å². The predicted octanol–water partition coefficient (Wildman–Crippen LogP) is 0.124. The first-order valence-electron chi connectivity index (χ1n) is 4.68. The van der Waals surface area contributed by atoms with E-state index in [1.807, 2.05) is 0 Å². The molecule has 1 rings (SSSR count). The van der Waals surface area contributed by atoms with Gasteiger partial charge in [0.2, 0.25) is 5.91 Å². The van der Waals surface area contributed by atoms with Crippen LogP contribution in [0.3, 0.4) is 0 Å². The molecule has 1 amide bonds. The van der Waals surface area contributed by atoms with Crippen LogP contribution in [-0.2, 0) is 4.79 Å². The third kappa shape index (κ3) is 3.08. The molecule has 13 heavy (non-hydrogen) atoms. The molecule has 0 saturated carbocycles. The van der Waals surface area contributed by atoms with Crippen molar-refractivity contribution in [2.24, 2.45) is 5.92 Å². The molecule has 1 aliphatic heterocycles. The first-order valence-corrected chi connectivity index (χ1v) is 4.68. The summed E-state index contributed by atoms with van der Waals surface area (Å²) >= 11 is 0. The molecule has 0 aromatic rings. The molecule has 2 unspecified atom stereocenters. The third-order valence-electron chi connectivity index (χ3n) is 2.35. The van der Waals surface area contributed by atoms with Gasteiger partial charge in [0.25, 0.3) is 0 Å². The summed E-state index contributed by atoms with van der Waals surface area (Å²) in [4.78, 5) is 11.4. The van der Waals surface area contributed by atoms with Gasteiger partial charge >= 0.3 is 0 Å². The number of terminal acetylenes is 1. The van der Waals surface area contributed by atoms with E-state index in [0.717, 1.165) is 19.4 Å². The summed E-state index contributed by atoms with van der Waals surface area (Å²) in [7, 11) is 0. The molecular formula is C10H16N2O. The Hall–Kier alpha value is -1.01. The SMILES string of the molecule is C#CCNC(=O)C1CC(C)CCN1. The normalized spacial score (nSPS) is 27.7. The van der Waals surface area contributed by atoms with Crippen LogP contribution in [0.5, 0.6) is 0 Å². The molecular weight excluding hydrogens is 164 g/mol. The summed E-state index contributed by atoms with van der Waals surface area (Å²) < 4.78 is 0. The fourth-order valence-electron chi connectivity index (χ4n) is 1.57. The molecule has 1 aliphatic rings. The second-order valence-electron chi connectivity index (χ2n) is 3.56. The van der Waals surface area contributed by atoms with Crippen LogP contribution in [0, 0.1) is 18.3 Å². The van der Waals surface area contributed by atoms with Crippen molar-refractivity contribution in [3.8, 4) is 12.3 Å². The highest BCUT2D eigenvalue weighted by Gasteiger charge is 2.23. The summed E-state index contributed by atoms with van der Waals surface area (Å²) in [6, 6.07) is -0.0444. The zero-order valence-electron chi connectivity index (χ0n) is 7.97. The van der Waals surface area contributed by atoms with Crippen LogP contribution in [0.15, 0.2) is 0 Å². The summed E-state index contributed by atoms with van der Waals surface area (Å²) in [6.07, 6.45) is 7.11. The fraction of sp³-hybridized carbons (Fsp3) is 0.700. The van der Waals surface area contributed by atoms with Gasteiger partial charge in [-0.25, -0.2) is 0 Å². The van der Waals surface area contributed by atoms with E-state index in [9.17, 15) is 4.79 Å². The highest BCUT2D eigenvalue weighted by molar-refractivity contribution is 5.82. The van der Waals surface area contributed by atoms with Crippen molar-refractivity contribution in [2.45, 2.75) is 25.8 Å². The Morgan fingerprint density at radius 2 is 2.54 bits per heavy atom. The van der Waals surface area contributed by atoms with Crippen LogP contribution in [-0.4, -0.2) is 25.0 Å². The standard InChI is InChI=1S/C10H16N2O/c1-3-5-12-10(13)9-7-8(2)4-6-11-9/h1,8-9,11H,4-7H2,2H3,(H,12,13). The van der Waals surface area contributed by atoms with Crippen LogP contribution in [0.4, 0.5) is 0 Å².